The first kappa shape index (κ1) is 23.4. The number of rotatable bonds is 6. The van der Waals surface area contributed by atoms with Crippen LogP contribution < -0.4 is 15.0 Å². The number of piperidine rings is 1. The minimum Gasteiger partial charge on any atom is -0.409 e. The molecular weight excluding hydrogens is 464 g/mol. The second-order valence-electron chi connectivity index (χ2n) is 8.42. The first-order chi connectivity index (χ1) is 15.8. The topological polar surface area (TPSA) is 129 Å². The van der Waals surface area contributed by atoms with Gasteiger partial charge >= 0.3 is 6.09 Å². The molecule has 0 spiro atoms. The third-order valence-corrected chi connectivity index (χ3v) is 7.33. The summed E-state index contributed by atoms with van der Waals surface area (Å²) in [6, 6.07) is 2.88. The number of hydrogen-bond donors (Lipinski definition) is 2. The number of ether oxygens (including phenoxy) is 1. The molecule has 33 heavy (non-hydrogen) atoms. The highest BCUT2D eigenvalue weighted by Crippen LogP contribution is 2.31. The Labute approximate surface area is 201 Å². The van der Waals surface area contributed by atoms with Gasteiger partial charge in [-0.05, 0) is 59.5 Å². The van der Waals surface area contributed by atoms with Crippen molar-refractivity contribution in [1.29, 1.82) is 0 Å². The van der Waals surface area contributed by atoms with Gasteiger partial charge < -0.3 is 15.0 Å². The maximum atomic E-state index is 12.6. The third kappa shape index (κ3) is 5.24. The van der Waals surface area contributed by atoms with Crippen molar-refractivity contribution < 1.29 is 14.3 Å². The highest BCUT2D eigenvalue weighted by atomic mass is 32.2. The number of carbonyl (C=O) groups is 2. The van der Waals surface area contributed by atoms with Crippen LogP contribution in [0.5, 0.6) is 5.75 Å². The van der Waals surface area contributed by atoms with Gasteiger partial charge in [-0.3, -0.25) is 4.79 Å². The van der Waals surface area contributed by atoms with Gasteiger partial charge in [0, 0.05) is 18.3 Å². The van der Waals surface area contributed by atoms with Crippen LogP contribution in [0.25, 0.3) is 0 Å². The lowest BCUT2D eigenvalue weighted by atomic mass is 9.94. The third-order valence-electron chi connectivity index (χ3n) is 5.88. The molecule has 2 aromatic heterocycles. The molecule has 2 aliphatic heterocycles. The molecule has 4 rings (SSSR count). The molecule has 0 saturated carbocycles. The molecule has 176 valence electrons. The van der Waals surface area contributed by atoms with Crippen molar-refractivity contribution in [1.82, 2.24) is 35.8 Å². The van der Waals surface area contributed by atoms with Crippen LogP contribution in [-0.4, -0.2) is 72.0 Å². The number of thioether (sulfide) groups is 1. The zero-order valence-electron chi connectivity index (χ0n) is 18.6. The van der Waals surface area contributed by atoms with Crippen molar-refractivity contribution in [3.8, 4) is 5.75 Å². The van der Waals surface area contributed by atoms with Crippen LogP contribution in [0.1, 0.15) is 33.6 Å². The number of anilines is 1. The maximum Gasteiger partial charge on any atom is 0.415 e. The van der Waals surface area contributed by atoms with Crippen LogP contribution in [-0.2, 0) is 4.79 Å². The number of pyridine rings is 1. The lowest BCUT2D eigenvalue weighted by molar-refractivity contribution is -0.119. The second-order valence-corrected chi connectivity index (χ2v) is 10.2. The number of thiocarbonyl (C=S) groups is 1. The molecule has 0 radical (unpaired) electrons. The van der Waals surface area contributed by atoms with E-state index in [2.05, 4.69) is 37.8 Å². The molecule has 13 heteroatoms. The van der Waals surface area contributed by atoms with Crippen LogP contribution in [0.15, 0.2) is 23.5 Å². The lowest BCUT2D eigenvalue weighted by Crippen LogP contribution is -2.41. The van der Waals surface area contributed by atoms with Gasteiger partial charge in [0.1, 0.15) is 11.9 Å². The first-order valence-corrected chi connectivity index (χ1v) is 12.1. The van der Waals surface area contributed by atoms with Crippen LogP contribution in [0.4, 0.5) is 10.6 Å². The molecule has 0 aliphatic carbocycles. The molecule has 2 aromatic rings. The fourth-order valence-corrected chi connectivity index (χ4v) is 5.23. The summed E-state index contributed by atoms with van der Waals surface area (Å²) < 4.78 is 5.50. The fourth-order valence-electron chi connectivity index (χ4n) is 3.92. The Morgan fingerprint density at radius 3 is 2.61 bits per heavy atom. The molecule has 2 aliphatic rings. The van der Waals surface area contributed by atoms with Crippen molar-refractivity contribution in [3.63, 3.8) is 0 Å². The van der Waals surface area contributed by atoms with Gasteiger partial charge in [-0.1, -0.05) is 32.5 Å². The van der Waals surface area contributed by atoms with Gasteiger partial charge in [-0.15, -0.1) is 5.10 Å². The van der Waals surface area contributed by atoms with E-state index in [1.807, 2.05) is 13.8 Å². The number of nitrogens with one attached hydrogen (secondary N) is 2. The number of carbonyl (C=O) groups excluding carboxylic acids is 2. The molecule has 0 bridgehead atoms. The van der Waals surface area contributed by atoms with E-state index in [0.29, 0.717) is 46.1 Å². The normalized spacial score (nSPS) is 20.3. The van der Waals surface area contributed by atoms with Crippen molar-refractivity contribution in [3.05, 3.63) is 18.3 Å². The highest BCUT2D eigenvalue weighted by Gasteiger charge is 2.38. The molecule has 2 atom stereocenters. The zero-order chi connectivity index (χ0) is 23.5. The molecule has 11 nitrogen and oxygen atoms in total. The standard InChI is InChI=1S/C20H26N8O3S2/c1-11(2)16-17(29)28(19(32)22-16)15-5-4-14(10-21-15)31-20(30)27-8-6-13(7-9-27)12(3)33-18-23-25-26-24-18/h4-5,10-13,16H,6-9H2,1-3H3,(H,22,32)(H,23,24,25,26). The number of amides is 2. The molecule has 2 fully saturated rings. The van der Waals surface area contributed by atoms with Gasteiger partial charge in [0.2, 0.25) is 5.16 Å². The van der Waals surface area contributed by atoms with E-state index in [-0.39, 0.29) is 17.9 Å². The SMILES string of the molecule is CC(C)C1NC(=S)N(c2ccc(OC(=O)N3CCC(C(C)Sc4nnn[nH]4)CC3)cn2)C1=O. The number of aromatic amines is 1. The minimum atomic E-state index is -0.406. The Hall–Kier alpha value is -2.80. The number of hydrogen-bond acceptors (Lipinski definition) is 9. The number of nitrogens with zero attached hydrogens (tertiary/aromatic N) is 6. The summed E-state index contributed by atoms with van der Waals surface area (Å²) in [6.45, 7) is 7.29. The van der Waals surface area contributed by atoms with Crippen LogP contribution in [0, 0.1) is 11.8 Å². The van der Waals surface area contributed by atoms with Crippen molar-refractivity contribution in [2.24, 2.45) is 11.8 Å². The molecule has 2 N–H and O–H groups in total. The summed E-state index contributed by atoms with van der Waals surface area (Å²) in [4.78, 5) is 32.6. The Bertz CT molecular complexity index is 993. The highest BCUT2D eigenvalue weighted by molar-refractivity contribution is 7.99. The average Bonchev–Trinajstić information content (AvgIpc) is 3.42. The summed E-state index contributed by atoms with van der Waals surface area (Å²) in [6.07, 6.45) is 2.78. The minimum absolute atomic E-state index is 0.102. The summed E-state index contributed by atoms with van der Waals surface area (Å²) in [5.41, 5.74) is 0. The van der Waals surface area contributed by atoms with E-state index >= 15 is 0 Å². The van der Waals surface area contributed by atoms with Crippen molar-refractivity contribution in [2.45, 2.75) is 50.1 Å². The summed E-state index contributed by atoms with van der Waals surface area (Å²) in [5, 5.41) is 18.3. The Kier molecular flexibility index (Phi) is 7.08. The van der Waals surface area contributed by atoms with Gasteiger partial charge in [0.25, 0.3) is 5.91 Å². The summed E-state index contributed by atoms with van der Waals surface area (Å²) in [7, 11) is 0. The Morgan fingerprint density at radius 1 is 1.27 bits per heavy atom. The monoisotopic (exact) mass is 490 g/mol. The van der Waals surface area contributed by atoms with Crippen LogP contribution in [0.3, 0.4) is 0 Å². The van der Waals surface area contributed by atoms with E-state index in [1.54, 1.807) is 28.8 Å². The predicted molar refractivity (Wildman–Crippen MR) is 126 cm³/mol. The van der Waals surface area contributed by atoms with Gasteiger partial charge in [-0.25, -0.2) is 19.8 Å². The molecule has 2 saturated heterocycles. The Balaban J connectivity index is 1.29. The van der Waals surface area contributed by atoms with Gasteiger partial charge in [0.15, 0.2) is 10.9 Å². The smallest absolute Gasteiger partial charge is 0.409 e. The molecule has 2 unspecified atom stereocenters. The first-order valence-electron chi connectivity index (χ1n) is 10.8. The van der Waals surface area contributed by atoms with Crippen LogP contribution >= 0.6 is 24.0 Å². The van der Waals surface area contributed by atoms with Crippen LogP contribution in [0.2, 0.25) is 0 Å². The summed E-state index contributed by atoms with van der Waals surface area (Å²) in [5.74, 6) is 1.14. The molecule has 2 amide bonds. The Morgan fingerprint density at radius 2 is 2.03 bits per heavy atom. The summed E-state index contributed by atoms with van der Waals surface area (Å²) >= 11 is 6.90. The zero-order valence-corrected chi connectivity index (χ0v) is 20.2. The maximum absolute atomic E-state index is 12.6. The average molecular weight is 491 g/mol. The van der Waals surface area contributed by atoms with E-state index in [9.17, 15) is 9.59 Å². The van der Waals surface area contributed by atoms with Crippen molar-refractivity contribution in [2.75, 3.05) is 18.0 Å². The predicted octanol–water partition coefficient (Wildman–Crippen LogP) is 2.23. The second kappa shape index (κ2) is 10.00. The quantitative estimate of drug-likeness (QED) is 0.459. The number of aromatic nitrogens is 5. The van der Waals surface area contributed by atoms with E-state index in [0.717, 1.165) is 12.8 Å². The largest absolute Gasteiger partial charge is 0.415 e. The number of likely N-dealkylation sites (tertiary alicyclic amines) is 1. The van der Waals surface area contributed by atoms with E-state index < -0.39 is 6.09 Å². The fraction of sp³-hybridized carbons (Fsp3) is 0.550. The van der Waals surface area contributed by atoms with E-state index in [4.69, 9.17) is 17.0 Å². The molecular formula is C20H26N8O3S2. The molecule has 0 aromatic carbocycles. The van der Waals surface area contributed by atoms with E-state index in [1.165, 1.54) is 11.1 Å². The molecule has 4 heterocycles. The number of H-pyrrole nitrogens is 1. The number of tetrazole rings is 1. The lowest BCUT2D eigenvalue weighted by Gasteiger charge is -2.33. The van der Waals surface area contributed by atoms with Crippen molar-refractivity contribution >= 4 is 46.9 Å². The van der Waals surface area contributed by atoms with Gasteiger partial charge in [-0.2, -0.15) is 0 Å². The van der Waals surface area contributed by atoms with Gasteiger partial charge in [0.05, 0.1) is 6.20 Å².